The van der Waals surface area contributed by atoms with E-state index < -0.39 is 11.7 Å². The highest BCUT2D eigenvalue weighted by Crippen LogP contribution is 2.30. The molecule has 0 spiro atoms. The predicted octanol–water partition coefficient (Wildman–Crippen LogP) is 2.69. The van der Waals surface area contributed by atoms with Gasteiger partial charge < -0.3 is 10.0 Å². The van der Waals surface area contributed by atoms with E-state index in [9.17, 15) is 18.0 Å². The molecule has 0 atom stereocenters. The van der Waals surface area contributed by atoms with Crippen molar-refractivity contribution in [3.05, 3.63) is 35.4 Å². The highest BCUT2D eigenvalue weighted by atomic mass is 19.4. The van der Waals surface area contributed by atoms with Gasteiger partial charge in [-0.05, 0) is 43.5 Å². The Balaban J connectivity index is 2.14. The molecule has 0 aliphatic heterocycles. The maximum Gasteiger partial charge on any atom is 0.416 e. The Hall–Kier alpha value is -1.56. The second-order valence-corrected chi connectivity index (χ2v) is 4.88. The number of hydrogen-bond donors (Lipinski definition) is 1. The van der Waals surface area contributed by atoms with E-state index in [4.69, 9.17) is 5.11 Å². The van der Waals surface area contributed by atoms with Crippen LogP contribution in [-0.4, -0.2) is 35.1 Å². The molecule has 1 amide bonds. The van der Waals surface area contributed by atoms with Crippen LogP contribution in [0.15, 0.2) is 24.3 Å². The third kappa shape index (κ3) is 3.12. The second-order valence-electron chi connectivity index (χ2n) is 4.88. The maximum atomic E-state index is 12.5. The van der Waals surface area contributed by atoms with Crippen LogP contribution in [0, 0.1) is 0 Å². The van der Waals surface area contributed by atoms with Crippen molar-refractivity contribution in [1.82, 2.24) is 4.90 Å². The summed E-state index contributed by atoms with van der Waals surface area (Å²) in [5, 5.41) is 9.01. The van der Waals surface area contributed by atoms with Crippen molar-refractivity contribution in [3.8, 4) is 0 Å². The number of rotatable bonds is 4. The Morgan fingerprint density at radius 1 is 1.25 bits per heavy atom. The zero-order valence-electron chi connectivity index (χ0n) is 10.9. The van der Waals surface area contributed by atoms with Crippen LogP contribution in [0.2, 0.25) is 0 Å². The second kappa shape index (κ2) is 5.83. The molecule has 0 saturated heterocycles. The largest absolute Gasteiger partial charge is 0.416 e. The smallest absolute Gasteiger partial charge is 0.395 e. The molecule has 2 rings (SSSR count). The first-order valence-electron chi connectivity index (χ1n) is 6.52. The van der Waals surface area contributed by atoms with Gasteiger partial charge in [0, 0.05) is 18.2 Å². The molecule has 1 aliphatic rings. The summed E-state index contributed by atoms with van der Waals surface area (Å²) in [5.74, 6) is -0.322. The first kappa shape index (κ1) is 14.8. The van der Waals surface area contributed by atoms with Gasteiger partial charge in [-0.1, -0.05) is 0 Å². The van der Waals surface area contributed by atoms with E-state index in [1.807, 2.05) is 0 Å². The van der Waals surface area contributed by atoms with E-state index in [0.29, 0.717) is 0 Å². The van der Waals surface area contributed by atoms with Gasteiger partial charge in [-0.25, -0.2) is 0 Å². The number of aliphatic hydroxyl groups excluding tert-OH is 1. The van der Waals surface area contributed by atoms with Crippen LogP contribution >= 0.6 is 0 Å². The monoisotopic (exact) mass is 287 g/mol. The summed E-state index contributed by atoms with van der Waals surface area (Å²) in [7, 11) is 0. The molecule has 110 valence electrons. The lowest BCUT2D eigenvalue weighted by Crippen LogP contribution is -2.45. The predicted molar refractivity (Wildman–Crippen MR) is 67.2 cm³/mol. The van der Waals surface area contributed by atoms with Crippen LogP contribution in [0.3, 0.4) is 0 Å². The van der Waals surface area contributed by atoms with Crippen molar-refractivity contribution >= 4 is 5.91 Å². The Labute approximate surface area is 115 Å². The van der Waals surface area contributed by atoms with Gasteiger partial charge in [0.15, 0.2) is 0 Å². The van der Waals surface area contributed by atoms with Crippen LogP contribution in [0.1, 0.15) is 35.2 Å². The standard InChI is InChI=1S/C14H16F3NO2/c15-14(16,17)11-6-4-10(5-7-11)13(20)18(8-9-19)12-2-1-3-12/h4-7,12,19H,1-3,8-9H2. The minimum atomic E-state index is -4.40. The summed E-state index contributed by atoms with van der Waals surface area (Å²) in [6.07, 6.45) is -1.61. The molecule has 1 aromatic rings. The van der Waals surface area contributed by atoms with Crippen molar-refractivity contribution < 1.29 is 23.1 Å². The topological polar surface area (TPSA) is 40.5 Å². The zero-order chi connectivity index (χ0) is 14.8. The first-order valence-corrected chi connectivity index (χ1v) is 6.52. The number of halogens is 3. The molecule has 0 radical (unpaired) electrons. The molecular formula is C14H16F3NO2. The molecule has 1 fully saturated rings. The molecule has 6 heteroatoms. The Morgan fingerprint density at radius 2 is 1.85 bits per heavy atom. The Bertz CT molecular complexity index is 466. The number of nitrogens with zero attached hydrogens (tertiary/aromatic N) is 1. The van der Waals surface area contributed by atoms with Crippen LogP contribution in [0.25, 0.3) is 0 Å². The van der Waals surface area contributed by atoms with Gasteiger partial charge in [0.05, 0.1) is 12.2 Å². The highest BCUT2D eigenvalue weighted by molar-refractivity contribution is 5.94. The number of carbonyl (C=O) groups excluding carboxylic acids is 1. The fourth-order valence-electron chi connectivity index (χ4n) is 2.22. The number of benzene rings is 1. The van der Waals surface area contributed by atoms with E-state index in [0.717, 1.165) is 31.4 Å². The summed E-state index contributed by atoms with van der Waals surface area (Å²) in [6, 6.07) is 4.29. The number of aliphatic hydroxyl groups is 1. The minimum absolute atomic E-state index is 0.0944. The molecule has 0 unspecified atom stereocenters. The third-order valence-electron chi connectivity index (χ3n) is 3.58. The van der Waals surface area contributed by atoms with Gasteiger partial charge in [-0.15, -0.1) is 0 Å². The van der Waals surface area contributed by atoms with Crippen LogP contribution in [0.4, 0.5) is 13.2 Å². The quantitative estimate of drug-likeness (QED) is 0.925. The van der Waals surface area contributed by atoms with Gasteiger partial charge >= 0.3 is 6.18 Å². The van der Waals surface area contributed by atoms with Gasteiger partial charge in [0.1, 0.15) is 0 Å². The van der Waals surface area contributed by atoms with Gasteiger partial charge in [0.25, 0.3) is 5.91 Å². The third-order valence-corrected chi connectivity index (χ3v) is 3.58. The van der Waals surface area contributed by atoms with Crippen molar-refractivity contribution in [1.29, 1.82) is 0 Å². The normalized spacial score (nSPS) is 15.8. The van der Waals surface area contributed by atoms with E-state index in [2.05, 4.69) is 0 Å². The minimum Gasteiger partial charge on any atom is -0.395 e. The summed E-state index contributed by atoms with van der Waals surface area (Å²) in [5.41, 5.74) is -0.551. The molecule has 0 heterocycles. The van der Waals surface area contributed by atoms with Crippen molar-refractivity contribution in [2.75, 3.05) is 13.2 Å². The fourth-order valence-corrected chi connectivity index (χ4v) is 2.22. The molecule has 0 aromatic heterocycles. The van der Waals surface area contributed by atoms with E-state index in [1.54, 1.807) is 4.90 Å². The lowest BCUT2D eigenvalue weighted by Gasteiger charge is -2.37. The van der Waals surface area contributed by atoms with Crippen LogP contribution in [0.5, 0.6) is 0 Å². The zero-order valence-corrected chi connectivity index (χ0v) is 10.9. The van der Waals surface area contributed by atoms with Gasteiger partial charge in [-0.2, -0.15) is 13.2 Å². The summed E-state index contributed by atoms with van der Waals surface area (Å²) in [4.78, 5) is 13.8. The lowest BCUT2D eigenvalue weighted by atomic mass is 9.91. The number of carbonyl (C=O) groups is 1. The molecular weight excluding hydrogens is 271 g/mol. The molecule has 3 nitrogen and oxygen atoms in total. The number of alkyl halides is 3. The molecule has 0 bridgehead atoms. The SMILES string of the molecule is O=C(c1ccc(C(F)(F)F)cc1)N(CCO)C1CCC1. The van der Waals surface area contributed by atoms with E-state index in [1.165, 1.54) is 12.1 Å². The highest BCUT2D eigenvalue weighted by Gasteiger charge is 2.32. The summed E-state index contributed by atoms with van der Waals surface area (Å²) >= 11 is 0. The van der Waals surface area contributed by atoms with Gasteiger partial charge in [0.2, 0.25) is 0 Å². The molecule has 20 heavy (non-hydrogen) atoms. The Morgan fingerprint density at radius 3 is 2.25 bits per heavy atom. The molecule has 1 aromatic carbocycles. The average Bonchev–Trinajstić information content (AvgIpc) is 2.34. The Kier molecular flexibility index (Phi) is 4.32. The van der Waals surface area contributed by atoms with Gasteiger partial charge in [-0.3, -0.25) is 4.79 Å². The molecule has 1 saturated carbocycles. The number of hydrogen-bond acceptors (Lipinski definition) is 2. The van der Waals surface area contributed by atoms with Crippen molar-refractivity contribution in [3.63, 3.8) is 0 Å². The van der Waals surface area contributed by atoms with Crippen molar-refractivity contribution in [2.45, 2.75) is 31.5 Å². The molecule has 1 aliphatic carbocycles. The van der Waals surface area contributed by atoms with Crippen LogP contribution < -0.4 is 0 Å². The average molecular weight is 287 g/mol. The van der Waals surface area contributed by atoms with Crippen molar-refractivity contribution in [2.24, 2.45) is 0 Å². The van der Waals surface area contributed by atoms with E-state index in [-0.39, 0.29) is 30.7 Å². The fraction of sp³-hybridized carbons (Fsp3) is 0.500. The maximum absolute atomic E-state index is 12.5. The summed E-state index contributed by atoms with van der Waals surface area (Å²) in [6.45, 7) is 0.0629. The lowest BCUT2D eigenvalue weighted by molar-refractivity contribution is -0.137. The summed E-state index contributed by atoms with van der Waals surface area (Å²) < 4.78 is 37.4. The van der Waals surface area contributed by atoms with Crippen LogP contribution in [-0.2, 0) is 6.18 Å². The molecule has 1 N–H and O–H groups in total. The first-order chi connectivity index (χ1) is 9.43. The number of amides is 1. The van der Waals surface area contributed by atoms with E-state index >= 15 is 0 Å².